The molecule has 0 aromatic carbocycles. The third-order valence-electron chi connectivity index (χ3n) is 2.53. The summed E-state index contributed by atoms with van der Waals surface area (Å²) in [5.74, 6) is 0.0534. The second-order valence-electron chi connectivity index (χ2n) is 3.70. The topological polar surface area (TPSA) is 72.4 Å². The van der Waals surface area contributed by atoms with Crippen molar-refractivity contribution in [3.8, 4) is 0 Å². The molecule has 0 unspecified atom stereocenters. The molecule has 2 atom stereocenters. The van der Waals surface area contributed by atoms with Crippen molar-refractivity contribution in [2.75, 3.05) is 13.1 Å². The molecule has 13 heavy (non-hydrogen) atoms. The number of hydrogen-bond acceptors (Lipinski definition) is 3. The zero-order valence-corrected chi connectivity index (χ0v) is 8.20. The third-order valence-corrected chi connectivity index (χ3v) is 2.53. The highest BCUT2D eigenvalue weighted by atomic mass is 16.2. The molecule has 1 heterocycles. The molecule has 0 bridgehead atoms. The van der Waals surface area contributed by atoms with Crippen LogP contribution in [0.1, 0.15) is 26.2 Å². The van der Waals surface area contributed by atoms with E-state index in [9.17, 15) is 4.79 Å². The fourth-order valence-corrected chi connectivity index (χ4v) is 1.62. The molecule has 4 heteroatoms. The van der Waals surface area contributed by atoms with Crippen LogP contribution in [-0.2, 0) is 4.79 Å². The fraction of sp³-hybridized carbons (Fsp3) is 0.889. The molecule has 1 aliphatic heterocycles. The molecule has 0 aromatic rings. The van der Waals surface area contributed by atoms with Crippen molar-refractivity contribution in [2.24, 2.45) is 11.5 Å². The smallest absolute Gasteiger partial charge is 0.239 e. The summed E-state index contributed by atoms with van der Waals surface area (Å²) < 4.78 is 0. The molecule has 1 amide bonds. The molecular formula is C9H19N3O. The van der Waals surface area contributed by atoms with Gasteiger partial charge in [0, 0.05) is 19.1 Å². The van der Waals surface area contributed by atoms with Gasteiger partial charge in [0.1, 0.15) is 0 Å². The highest BCUT2D eigenvalue weighted by molar-refractivity contribution is 5.81. The summed E-state index contributed by atoms with van der Waals surface area (Å²) >= 11 is 0. The second-order valence-corrected chi connectivity index (χ2v) is 3.70. The van der Waals surface area contributed by atoms with E-state index in [4.69, 9.17) is 11.5 Å². The van der Waals surface area contributed by atoms with Gasteiger partial charge in [0.2, 0.25) is 5.91 Å². The lowest BCUT2D eigenvalue weighted by molar-refractivity contribution is -0.133. The molecule has 1 rings (SSSR count). The first-order chi connectivity index (χ1) is 6.15. The maximum absolute atomic E-state index is 11.6. The van der Waals surface area contributed by atoms with Crippen LogP contribution in [0.3, 0.4) is 0 Å². The van der Waals surface area contributed by atoms with Gasteiger partial charge in [-0.15, -0.1) is 0 Å². The Hall–Kier alpha value is -0.610. The van der Waals surface area contributed by atoms with Gasteiger partial charge in [0.05, 0.1) is 6.04 Å². The highest BCUT2D eigenvalue weighted by Gasteiger charge is 2.24. The number of amides is 1. The van der Waals surface area contributed by atoms with Gasteiger partial charge in [-0.05, 0) is 19.3 Å². The second kappa shape index (κ2) is 4.58. The van der Waals surface area contributed by atoms with Crippen molar-refractivity contribution in [3.63, 3.8) is 0 Å². The average Bonchev–Trinajstić information content (AvgIpc) is 2.15. The number of nitrogens with zero attached hydrogens (tertiary/aromatic N) is 1. The van der Waals surface area contributed by atoms with E-state index in [0.29, 0.717) is 13.0 Å². The lowest BCUT2D eigenvalue weighted by Gasteiger charge is -2.32. The molecule has 0 aliphatic carbocycles. The Balaban J connectivity index is 2.46. The fourth-order valence-electron chi connectivity index (χ4n) is 1.62. The van der Waals surface area contributed by atoms with Gasteiger partial charge in [-0.1, -0.05) is 6.92 Å². The number of nitrogens with two attached hydrogens (primary N) is 2. The summed E-state index contributed by atoms with van der Waals surface area (Å²) in [5, 5.41) is 0. The lowest BCUT2D eigenvalue weighted by atomic mass is 10.1. The van der Waals surface area contributed by atoms with Crippen LogP contribution in [0.25, 0.3) is 0 Å². The lowest BCUT2D eigenvalue weighted by Crippen LogP contribution is -2.51. The Morgan fingerprint density at radius 3 is 2.92 bits per heavy atom. The summed E-state index contributed by atoms with van der Waals surface area (Å²) in [6.07, 6.45) is 2.72. The van der Waals surface area contributed by atoms with E-state index >= 15 is 0 Å². The van der Waals surface area contributed by atoms with Crippen LogP contribution in [0.5, 0.6) is 0 Å². The molecule has 4 N–H and O–H groups in total. The van der Waals surface area contributed by atoms with Crippen LogP contribution >= 0.6 is 0 Å². The summed E-state index contributed by atoms with van der Waals surface area (Å²) in [5.41, 5.74) is 11.4. The standard InChI is InChI=1S/C9H19N3O/c1-2-8(11)9(13)12-5-3-4-7(10)6-12/h7-8H,2-6,10-11H2,1H3/t7-,8-/m1/s1. The summed E-state index contributed by atoms with van der Waals surface area (Å²) in [6.45, 7) is 3.42. The minimum absolute atomic E-state index is 0.0534. The monoisotopic (exact) mass is 185 g/mol. The first-order valence-electron chi connectivity index (χ1n) is 4.95. The van der Waals surface area contributed by atoms with Crippen molar-refractivity contribution in [1.29, 1.82) is 0 Å². The Kier molecular flexibility index (Phi) is 3.69. The van der Waals surface area contributed by atoms with E-state index in [2.05, 4.69) is 0 Å². The average molecular weight is 185 g/mol. The number of piperidine rings is 1. The zero-order chi connectivity index (χ0) is 9.84. The van der Waals surface area contributed by atoms with Gasteiger partial charge in [-0.25, -0.2) is 0 Å². The van der Waals surface area contributed by atoms with Crippen LogP contribution in [0.2, 0.25) is 0 Å². The van der Waals surface area contributed by atoms with E-state index in [1.807, 2.05) is 6.92 Å². The number of hydrogen-bond donors (Lipinski definition) is 2. The molecule has 0 saturated carbocycles. The Morgan fingerprint density at radius 2 is 2.38 bits per heavy atom. The van der Waals surface area contributed by atoms with Crippen LogP contribution < -0.4 is 11.5 Å². The summed E-state index contributed by atoms with van der Waals surface area (Å²) in [7, 11) is 0. The molecule has 1 saturated heterocycles. The van der Waals surface area contributed by atoms with Crippen LogP contribution in [0, 0.1) is 0 Å². The maximum Gasteiger partial charge on any atom is 0.239 e. The van der Waals surface area contributed by atoms with Crippen molar-refractivity contribution >= 4 is 5.91 Å². The minimum Gasteiger partial charge on any atom is -0.340 e. The van der Waals surface area contributed by atoms with Gasteiger partial charge in [0.25, 0.3) is 0 Å². The Labute approximate surface area is 79.3 Å². The van der Waals surface area contributed by atoms with Crippen molar-refractivity contribution in [2.45, 2.75) is 38.3 Å². The Bertz CT molecular complexity index is 184. The maximum atomic E-state index is 11.6. The van der Waals surface area contributed by atoms with Gasteiger partial charge < -0.3 is 16.4 Å². The molecule has 1 aliphatic rings. The van der Waals surface area contributed by atoms with Crippen molar-refractivity contribution < 1.29 is 4.79 Å². The number of carbonyl (C=O) groups excluding carboxylic acids is 1. The van der Waals surface area contributed by atoms with E-state index in [1.165, 1.54) is 0 Å². The molecule has 4 nitrogen and oxygen atoms in total. The van der Waals surface area contributed by atoms with E-state index in [1.54, 1.807) is 4.90 Å². The molecular weight excluding hydrogens is 166 g/mol. The number of carbonyl (C=O) groups is 1. The molecule has 0 spiro atoms. The largest absolute Gasteiger partial charge is 0.340 e. The highest BCUT2D eigenvalue weighted by Crippen LogP contribution is 2.09. The first kappa shape index (κ1) is 10.5. The van der Waals surface area contributed by atoms with E-state index in [-0.39, 0.29) is 18.0 Å². The number of rotatable bonds is 2. The van der Waals surface area contributed by atoms with Gasteiger partial charge in [0.15, 0.2) is 0 Å². The normalized spacial score (nSPS) is 25.8. The van der Waals surface area contributed by atoms with Gasteiger partial charge >= 0.3 is 0 Å². The predicted molar refractivity (Wildman–Crippen MR) is 52.1 cm³/mol. The van der Waals surface area contributed by atoms with Gasteiger partial charge in [-0.2, -0.15) is 0 Å². The van der Waals surface area contributed by atoms with Crippen molar-refractivity contribution in [3.05, 3.63) is 0 Å². The first-order valence-corrected chi connectivity index (χ1v) is 4.95. The van der Waals surface area contributed by atoms with E-state index in [0.717, 1.165) is 19.4 Å². The summed E-state index contributed by atoms with van der Waals surface area (Å²) in [6, 6.07) is -0.202. The van der Waals surface area contributed by atoms with Gasteiger partial charge in [-0.3, -0.25) is 4.79 Å². The van der Waals surface area contributed by atoms with E-state index < -0.39 is 0 Å². The molecule has 0 radical (unpaired) electrons. The summed E-state index contributed by atoms with van der Waals surface area (Å²) in [4.78, 5) is 13.4. The SMILES string of the molecule is CC[C@@H](N)C(=O)N1CCC[C@@H](N)C1. The van der Waals surface area contributed by atoms with Crippen LogP contribution in [0.4, 0.5) is 0 Å². The zero-order valence-electron chi connectivity index (χ0n) is 8.20. The third kappa shape index (κ3) is 2.67. The van der Waals surface area contributed by atoms with Crippen LogP contribution in [0.15, 0.2) is 0 Å². The van der Waals surface area contributed by atoms with Crippen LogP contribution in [-0.4, -0.2) is 36.0 Å². The molecule has 0 aromatic heterocycles. The molecule has 1 fully saturated rings. The quantitative estimate of drug-likeness (QED) is 0.619. The predicted octanol–water partition coefficient (Wildman–Crippen LogP) is -0.327. The Morgan fingerprint density at radius 1 is 1.69 bits per heavy atom. The number of likely N-dealkylation sites (tertiary alicyclic amines) is 1. The molecule has 76 valence electrons. The minimum atomic E-state index is -0.342. The van der Waals surface area contributed by atoms with Crippen molar-refractivity contribution in [1.82, 2.24) is 4.90 Å².